The molecule has 0 heterocycles. The lowest BCUT2D eigenvalue weighted by atomic mass is 10.3. The molecule has 0 aliphatic rings. The summed E-state index contributed by atoms with van der Waals surface area (Å²) in [6.07, 6.45) is 7.71. The smallest absolute Gasteiger partial charge is 0.319 e. The number of hydrogen-bond donors (Lipinski definition) is 2. The van der Waals surface area contributed by atoms with Crippen molar-refractivity contribution in [3.8, 4) is 0 Å². The molecule has 14 heavy (non-hydrogen) atoms. The van der Waals surface area contributed by atoms with E-state index in [-0.39, 0.29) is 6.03 Å². The van der Waals surface area contributed by atoms with Gasteiger partial charge in [-0.05, 0) is 25.8 Å². The zero-order chi connectivity index (χ0) is 10.8. The molecular weight excluding hydrogens is 176 g/mol. The van der Waals surface area contributed by atoms with E-state index < -0.39 is 0 Å². The first-order chi connectivity index (χ1) is 6.74. The summed E-state index contributed by atoms with van der Waals surface area (Å²) in [4.78, 5) is 11.2. The van der Waals surface area contributed by atoms with Crippen molar-refractivity contribution < 1.29 is 4.79 Å². The van der Waals surface area contributed by atoms with E-state index >= 15 is 0 Å². The van der Waals surface area contributed by atoms with Crippen LogP contribution in [0.15, 0.2) is 23.9 Å². The summed E-state index contributed by atoms with van der Waals surface area (Å²) in [6.45, 7) is 6.69. The van der Waals surface area contributed by atoms with Gasteiger partial charge in [-0.15, -0.1) is 0 Å². The van der Waals surface area contributed by atoms with E-state index in [9.17, 15) is 4.79 Å². The highest BCUT2D eigenvalue weighted by molar-refractivity contribution is 5.76. The van der Waals surface area contributed by atoms with Gasteiger partial charge in [-0.2, -0.15) is 0 Å². The van der Waals surface area contributed by atoms with Gasteiger partial charge >= 0.3 is 6.03 Å². The van der Waals surface area contributed by atoms with Crippen LogP contribution >= 0.6 is 0 Å². The van der Waals surface area contributed by atoms with Crippen molar-refractivity contribution >= 4 is 6.03 Å². The summed E-state index contributed by atoms with van der Waals surface area (Å²) in [5, 5.41) is 5.51. The van der Waals surface area contributed by atoms with Crippen LogP contribution in [0.5, 0.6) is 0 Å². The maximum atomic E-state index is 11.2. The van der Waals surface area contributed by atoms with Gasteiger partial charge < -0.3 is 10.6 Å². The Morgan fingerprint density at radius 3 is 2.57 bits per heavy atom. The van der Waals surface area contributed by atoms with Crippen molar-refractivity contribution in [2.45, 2.75) is 33.6 Å². The summed E-state index contributed by atoms with van der Waals surface area (Å²) in [7, 11) is 0. The molecule has 0 aromatic carbocycles. The minimum Gasteiger partial charge on any atom is -0.338 e. The SMILES string of the molecule is C/C=C(\C=C/CC)NC(=O)NCCC. The summed E-state index contributed by atoms with van der Waals surface area (Å²) in [6, 6.07) is -0.138. The number of carbonyl (C=O) groups excluding carboxylic acids is 1. The molecule has 80 valence electrons. The number of allylic oxidation sites excluding steroid dienone is 3. The highest BCUT2D eigenvalue weighted by atomic mass is 16.2. The maximum absolute atomic E-state index is 11.2. The Bertz CT molecular complexity index is 219. The summed E-state index contributed by atoms with van der Waals surface area (Å²) in [5.41, 5.74) is 0.834. The molecule has 0 radical (unpaired) electrons. The minimum atomic E-state index is -0.138. The normalized spacial score (nSPS) is 11.8. The van der Waals surface area contributed by atoms with Crippen molar-refractivity contribution in [3.05, 3.63) is 23.9 Å². The van der Waals surface area contributed by atoms with Crippen molar-refractivity contribution in [2.75, 3.05) is 6.54 Å². The number of amides is 2. The van der Waals surface area contributed by atoms with Crippen LogP contribution < -0.4 is 10.6 Å². The molecule has 0 unspecified atom stereocenters. The van der Waals surface area contributed by atoms with E-state index in [0.29, 0.717) is 6.54 Å². The molecule has 0 spiro atoms. The zero-order valence-electron chi connectivity index (χ0n) is 9.26. The van der Waals surface area contributed by atoms with E-state index in [1.54, 1.807) is 0 Å². The molecule has 0 aliphatic heterocycles. The van der Waals surface area contributed by atoms with Crippen LogP contribution in [0.25, 0.3) is 0 Å². The van der Waals surface area contributed by atoms with Crippen LogP contribution in [-0.4, -0.2) is 12.6 Å². The third kappa shape index (κ3) is 6.29. The van der Waals surface area contributed by atoms with Crippen LogP contribution in [0.1, 0.15) is 33.6 Å². The predicted octanol–water partition coefficient (Wildman–Crippen LogP) is 2.57. The molecule has 3 heteroatoms. The van der Waals surface area contributed by atoms with Crippen molar-refractivity contribution in [1.82, 2.24) is 10.6 Å². The molecular formula is C11H20N2O. The molecule has 0 saturated heterocycles. The molecule has 2 amide bonds. The molecule has 0 aromatic rings. The van der Waals surface area contributed by atoms with Gasteiger partial charge in [0.15, 0.2) is 0 Å². The maximum Gasteiger partial charge on any atom is 0.319 e. The van der Waals surface area contributed by atoms with Gasteiger partial charge in [0, 0.05) is 12.2 Å². The summed E-state index contributed by atoms with van der Waals surface area (Å²) in [5.74, 6) is 0. The molecule has 0 bridgehead atoms. The van der Waals surface area contributed by atoms with Gasteiger partial charge in [-0.3, -0.25) is 0 Å². The Balaban J connectivity index is 3.94. The van der Waals surface area contributed by atoms with E-state index in [1.165, 1.54) is 0 Å². The average Bonchev–Trinajstić information content (AvgIpc) is 2.21. The lowest BCUT2D eigenvalue weighted by Gasteiger charge is -2.06. The van der Waals surface area contributed by atoms with Gasteiger partial charge in [-0.1, -0.05) is 26.0 Å². The van der Waals surface area contributed by atoms with Crippen LogP contribution in [0.3, 0.4) is 0 Å². The Hall–Kier alpha value is -1.25. The van der Waals surface area contributed by atoms with Gasteiger partial charge in [0.25, 0.3) is 0 Å². The molecule has 0 rings (SSSR count). The first kappa shape index (κ1) is 12.8. The lowest BCUT2D eigenvalue weighted by molar-refractivity contribution is 0.243. The number of carbonyl (C=O) groups is 1. The number of nitrogens with one attached hydrogen (secondary N) is 2. The molecule has 2 N–H and O–H groups in total. The minimum absolute atomic E-state index is 0.138. The number of rotatable bonds is 5. The monoisotopic (exact) mass is 196 g/mol. The van der Waals surface area contributed by atoms with Crippen LogP contribution in [0.2, 0.25) is 0 Å². The van der Waals surface area contributed by atoms with Crippen molar-refractivity contribution in [3.63, 3.8) is 0 Å². The molecule has 0 aliphatic carbocycles. The van der Waals surface area contributed by atoms with E-state index in [0.717, 1.165) is 18.5 Å². The van der Waals surface area contributed by atoms with E-state index in [1.807, 2.05) is 32.1 Å². The molecule has 0 atom stereocenters. The van der Waals surface area contributed by atoms with Gasteiger partial charge in [0.05, 0.1) is 0 Å². The standard InChI is InChI=1S/C11H20N2O/c1-4-7-8-10(6-3)13-11(14)12-9-5-2/h6-8H,4-5,9H2,1-3H3,(H2,12,13,14)/b8-7-,10-6+. The lowest BCUT2D eigenvalue weighted by Crippen LogP contribution is -2.34. The highest BCUT2D eigenvalue weighted by Crippen LogP contribution is 1.93. The Morgan fingerprint density at radius 2 is 2.07 bits per heavy atom. The van der Waals surface area contributed by atoms with Gasteiger partial charge in [0.1, 0.15) is 0 Å². The topological polar surface area (TPSA) is 41.1 Å². The molecule has 3 nitrogen and oxygen atoms in total. The Morgan fingerprint density at radius 1 is 1.36 bits per heavy atom. The quantitative estimate of drug-likeness (QED) is 0.652. The molecule has 0 fully saturated rings. The third-order valence-corrected chi connectivity index (χ3v) is 1.64. The first-order valence-electron chi connectivity index (χ1n) is 5.12. The Labute approximate surface area is 86.3 Å². The van der Waals surface area contributed by atoms with Crippen molar-refractivity contribution in [2.24, 2.45) is 0 Å². The van der Waals surface area contributed by atoms with Gasteiger partial charge in [-0.25, -0.2) is 4.79 Å². The predicted molar refractivity (Wildman–Crippen MR) is 60.0 cm³/mol. The fraction of sp³-hybridized carbons (Fsp3) is 0.545. The summed E-state index contributed by atoms with van der Waals surface area (Å²) < 4.78 is 0. The van der Waals surface area contributed by atoms with Crippen LogP contribution in [0, 0.1) is 0 Å². The molecule has 0 aromatic heterocycles. The first-order valence-corrected chi connectivity index (χ1v) is 5.12. The second-order valence-corrected chi connectivity index (χ2v) is 2.94. The molecule has 0 saturated carbocycles. The van der Waals surface area contributed by atoms with E-state index in [2.05, 4.69) is 17.6 Å². The third-order valence-electron chi connectivity index (χ3n) is 1.64. The largest absolute Gasteiger partial charge is 0.338 e. The zero-order valence-corrected chi connectivity index (χ0v) is 9.26. The van der Waals surface area contributed by atoms with Crippen LogP contribution in [-0.2, 0) is 0 Å². The fourth-order valence-electron chi connectivity index (χ4n) is 0.869. The van der Waals surface area contributed by atoms with Gasteiger partial charge in [0.2, 0.25) is 0 Å². The fourth-order valence-corrected chi connectivity index (χ4v) is 0.869. The second-order valence-electron chi connectivity index (χ2n) is 2.94. The number of hydrogen-bond acceptors (Lipinski definition) is 1. The van der Waals surface area contributed by atoms with Crippen molar-refractivity contribution in [1.29, 1.82) is 0 Å². The van der Waals surface area contributed by atoms with E-state index in [4.69, 9.17) is 0 Å². The summed E-state index contributed by atoms with van der Waals surface area (Å²) >= 11 is 0. The average molecular weight is 196 g/mol. The Kier molecular flexibility index (Phi) is 7.61. The highest BCUT2D eigenvalue weighted by Gasteiger charge is 1.98. The van der Waals surface area contributed by atoms with Crippen LogP contribution in [0.4, 0.5) is 4.79 Å². The number of urea groups is 1. The second kappa shape index (κ2) is 8.35.